The number of hydrogen-bond acceptors (Lipinski definition) is 5. The van der Waals surface area contributed by atoms with Crippen LogP contribution in [0.25, 0.3) is 10.9 Å². The minimum Gasteiger partial charge on any atom is -0.337 e. The van der Waals surface area contributed by atoms with Crippen molar-refractivity contribution >= 4 is 16.6 Å². The van der Waals surface area contributed by atoms with Crippen molar-refractivity contribution in [2.75, 3.05) is 0 Å². The Bertz CT molecular complexity index is 804. The highest BCUT2D eigenvalue weighted by Crippen LogP contribution is 2.27. The predicted molar refractivity (Wildman–Crippen MR) is 76.1 cm³/mol. The second kappa shape index (κ2) is 5.01. The largest absolute Gasteiger partial charge is 0.337 e. The van der Waals surface area contributed by atoms with E-state index < -0.39 is 0 Å². The fraction of sp³-hybridized carbons (Fsp3) is 0.286. The van der Waals surface area contributed by atoms with E-state index >= 15 is 0 Å². The van der Waals surface area contributed by atoms with Gasteiger partial charge < -0.3 is 9.09 Å². The van der Waals surface area contributed by atoms with E-state index in [0.29, 0.717) is 23.8 Å². The fourth-order valence-electron chi connectivity index (χ4n) is 2.23. The standard InChI is InChI=1S/C14H14N4O3/c1-9(2)14-15-12(21-16-14)8-17-7-6-10-4-3-5-11(13(10)17)18(19)20/h3-7,9H,8H2,1-2H3. The first-order valence-electron chi connectivity index (χ1n) is 6.61. The lowest BCUT2D eigenvalue weighted by atomic mass is 10.2. The van der Waals surface area contributed by atoms with Crippen LogP contribution in [0.5, 0.6) is 0 Å². The topological polar surface area (TPSA) is 87.0 Å². The van der Waals surface area contributed by atoms with Gasteiger partial charge in [-0.15, -0.1) is 0 Å². The molecule has 0 bridgehead atoms. The molecule has 0 aliphatic carbocycles. The van der Waals surface area contributed by atoms with Crippen molar-refractivity contribution in [3.63, 3.8) is 0 Å². The molecule has 1 aromatic carbocycles. The number of para-hydroxylation sites is 1. The van der Waals surface area contributed by atoms with E-state index in [0.717, 1.165) is 5.39 Å². The van der Waals surface area contributed by atoms with Gasteiger partial charge in [-0.05, 0) is 6.07 Å². The van der Waals surface area contributed by atoms with Crippen molar-refractivity contribution in [2.45, 2.75) is 26.3 Å². The molecule has 0 atom stereocenters. The first-order chi connectivity index (χ1) is 10.1. The SMILES string of the molecule is CC(C)c1noc(Cn2ccc3cccc([N+](=O)[O-])c32)n1. The van der Waals surface area contributed by atoms with E-state index in [4.69, 9.17) is 4.52 Å². The lowest BCUT2D eigenvalue weighted by molar-refractivity contribution is -0.383. The quantitative estimate of drug-likeness (QED) is 0.543. The van der Waals surface area contributed by atoms with Crippen LogP contribution < -0.4 is 0 Å². The maximum Gasteiger partial charge on any atom is 0.293 e. The van der Waals surface area contributed by atoms with E-state index in [-0.39, 0.29) is 16.5 Å². The van der Waals surface area contributed by atoms with Crippen LogP contribution in [0.3, 0.4) is 0 Å². The van der Waals surface area contributed by atoms with E-state index in [1.807, 2.05) is 26.0 Å². The molecule has 0 unspecified atom stereocenters. The Labute approximate surface area is 120 Å². The Hall–Kier alpha value is -2.70. The summed E-state index contributed by atoms with van der Waals surface area (Å²) in [6.45, 7) is 4.27. The van der Waals surface area contributed by atoms with E-state index in [1.165, 1.54) is 6.07 Å². The van der Waals surface area contributed by atoms with Crippen LogP contribution in [0, 0.1) is 10.1 Å². The monoisotopic (exact) mass is 286 g/mol. The number of benzene rings is 1. The number of non-ortho nitro benzene ring substituents is 1. The van der Waals surface area contributed by atoms with Gasteiger partial charge in [0.15, 0.2) is 5.82 Å². The van der Waals surface area contributed by atoms with Crippen LogP contribution in [0.15, 0.2) is 35.0 Å². The predicted octanol–water partition coefficient (Wildman–Crippen LogP) is 3.10. The van der Waals surface area contributed by atoms with Crippen molar-refractivity contribution < 1.29 is 9.45 Å². The molecule has 0 radical (unpaired) electrons. The van der Waals surface area contributed by atoms with Gasteiger partial charge in [0.25, 0.3) is 5.69 Å². The van der Waals surface area contributed by atoms with Crippen LogP contribution in [0.2, 0.25) is 0 Å². The second-order valence-corrected chi connectivity index (χ2v) is 5.12. The Kier molecular flexibility index (Phi) is 3.17. The Morgan fingerprint density at radius 2 is 2.19 bits per heavy atom. The van der Waals surface area contributed by atoms with Gasteiger partial charge in [-0.25, -0.2) is 0 Å². The maximum absolute atomic E-state index is 11.2. The highest BCUT2D eigenvalue weighted by molar-refractivity contribution is 5.88. The number of nitro benzene ring substituents is 1. The van der Waals surface area contributed by atoms with Crippen molar-refractivity contribution in [2.24, 2.45) is 0 Å². The second-order valence-electron chi connectivity index (χ2n) is 5.12. The smallest absolute Gasteiger partial charge is 0.293 e. The van der Waals surface area contributed by atoms with Crippen LogP contribution >= 0.6 is 0 Å². The van der Waals surface area contributed by atoms with Crippen LogP contribution in [0.4, 0.5) is 5.69 Å². The van der Waals surface area contributed by atoms with Gasteiger partial charge in [0.05, 0.1) is 4.92 Å². The Morgan fingerprint density at radius 3 is 2.86 bits per heavy atom. The molecule has 0 amide bonds. The molecule has 2 heterocycles. The molecular weight excluding hydrogens is 272 g/mol. The molecular formula is C14H14N4O3. The average Bonchev–Trinajstić information content (AvgIpc) is 3.06. The van der Waals surface area contributed by atoms with Crippen molar-refractivity contribution in [3.05, 3.63) is 52.3 Å². The van der Waals surface area contributed by atoms with Crippen molar-refractivity contribution in [3.8, 4) is 0 Å². The van der Waals surface area contributed by atoms with Gasteiger partial charge in [-0.1, -0.05) is 31.1 Å². The number of nitrogens with zero attached hydrogens (tertiary/aromatic N) is 4. The molecule has 21 heavy (non-hydrogen) atoms. The minimum absolute atomic E-state index is 0.0705. The van der Waals surface area contributed by atoms with Crippen LogP contribution in [-0.2, 0) is 6.54 Å². The third-order valence-electron chi connectivity index (χ3n) is 3.27. The van der Waals surface area contributed by atoms with Gasteiger partial charge in [-0.2, -0.15) is 4.98 Å². The molecule has 0 saturated heterocycles. The normalized spacial score (nSPS) is 11.4. The third kappa shape index (κ3) is 2.37. The van der Waals surface area contributed by atoms with Crippen molar-refractivity contribution in [1.29, 1.82) is 0 Å². The number of nitro groups is 1. The molecule has 0 fully saturated rings. The van der Waals surface area contributed by atoms with Crippen LogP contribution in [-0.4, -0.2) is 19.6 Å². The summed E-state index contributed by atoms with van der Waals surface area (Å²) in [7, 11) is 0. The molecule has 7 nitrogen and oxygen atoms in total. The number of aromatic nitrogens is 3. The summed E-state index contributed by atoms with van der Waals surface area (Å²) in [6.07, 6.45) is 1.79. The summed E-state index contributed by atoms with van der Waals surface area (Å²) < 4.78 is 6.95. The summed E-state index contributed by atoms with van der Waals surface area (Å²) >= 11 is 0. The molecule has 7 heteroatoms. The molecule has 0 aliphatic heterocycles. The van der Waals surface area contributed by atoms with Crippen molar-refractivity contribution in [1.82, 2.24) is 14.7 Å². The van der Waals surface area contributed by atoms with E-state index in [9.17, 15) is 10.1 Å². The zero-order valence-electron chi connectivity index (χ0n) is 11.7. The van der Waals surface area contributed by atoms with E-state index in [2.05, 4.69) is 10.1 Å². The number of hydrogen-bond donors (Lipinski definition) is 0. The molecule has 2 aromatic heterocycles. The lowest BCUT2D eigenvalue weighted by Gasteiger charge is -2.02. The maximum atomic E-state index is 11.2. The fourth-order valence-corrected chi connectivity index (χ4v) is 2.23. The van der Waals surface area contributed by atoms with Crippen LogP contribution in [0.1, 0.15) is 31.5 Å². The molecule has 3 rings (SSSR count). The highest BCUT2D eigenvalue weighted by atomic mass is 16.6. The highest BCUT2D eigenvalue weighted by Gasteiger charge is 2.17. The minimum atomic E-state index is -0.383. The van der Waals surface area contributed by atoms with E-state index in [1.54, 1.807) is 16.8 Å². The van der Waals surface area contributed by atoms with Gasteiger partial charge in [-0.3, -0.25) is 10.1 Å². The first-order valence-corrected chi connectivity index (χ1v) is 6.61. The summed E-state index contributed by atoms with van der Waals surface area (Å²) in [5.74, 6) is 1.25. The molecule has 0 spiro atoms. The number of rotatable bonds is 4. The van der Waals surface area contributed by atoms with Gasteiger partial charge >= 0.3 is 0 Å². The zero-order valence-corrected chi connectivity index (χ0v) is 11.7. The molecule has 3 aromatic rings. The summed E-state index contributed by atoms with van der Waals surface area (Å²) in [5, 5.41) is 15.9. The summed E-state index contributed by atoms with van der Waals surface area (Å²) in [6, 6.07) is 6.84. The third-order valence-corrected chi connectivity index (χ3v) is 3.27. The van der Waals surface area contributed by atoms with Gasteiger partial charge in [0, 0.05) is 23.6 Å². The first kappa shape index (κ1) is 13.3. The molecule has 0 aliphatic rings. The summed E-state index contributed by atoms with van der Waals surface area (Å²) in [5.41, 5.74) is 0.632. The average molecular weight is 286 g/mol. The molecule has 0 saturated carbocycles. The zero-order chi connectivity index (χ0) is 15.0. The number of fused-ring (bicyclic) bond motifs is 1. The Morgan fingerprint density at radius 1 is 1.38 bits per heavy atom. The van der Waals surface area contributed by atoms with Gasteiger partial charge in [0.1, 0.15) is 12.1 Å². The Balaban J connectivity index is 2.02. The lowest BCUT2D eigenvalue weighted by Crippen LogP contribution is -2.01. The summed E-state index contributed by atoms with van der Waals surface area (Å²) in [4.78, 5) is 15.1. The molecule has 108 valence electrons. The van der Waals surface area contributed by atoms with Gasteiger partial charge in [0.2, 0.25) is 5.89 Å². The molecule has 0 N–H and O–H groups in total.